The van der Waals surface area contributed by atoms with E-state index in [2.05, 4.69) is 14.8 Å². The normalized spacial score (nSPS) is 11.5. The van der Waals surface area contributed by atoms with Gasteiger partial charge in [0.2, 0.25) is 10.0 Å². The van der Waals surface area contributed by atoms with Gasteiger partial charge in [-0.25, -0.2) is 17.9 Å². The molecular weight excluding hydrogens is 288 g/mol. The third-order valence-electron chi connectivity index (χ3n) is 2.36. The highest BCUT2D eigenvalue weighted by molar-refractivity contribution is 7.89. The molecule has 1 aromatic heterocycles. The van der Waals surface area contributed by atoms with E-state index in [1.165, 1.54) is 13.2 Å². The van der Waals surface area contributed by atoms with Crippen molar-refractivity contribution in [2.45, 2.75) is 18.2 Å². The third kappa shape index (κ3) is 4.57. The lowest BCUT2D eigenvalue weighted by Crippen LogP contribution is -2.28. The van der Waals surface area contributed by atoms with Crippen LogP contribution in [0.4, 0.5) is 0 Å². The fourth-order valence-electron chi connectivity index (χ4n) is 1.43. The second kappa shape index (κ2) is 7.59. The van der Waals surface area contributed by atoms with Gasteiger partial charge >= 0.3 is 5.97 Å². The molecule has 0 fully saturated rings. The highest BCUT2D eigenvalue weighted by Gasteiger charge is 2.23. The molecule has 1 rings (SSSR count). The van der Waals surface area contributed by atoms with Crippen LogP contribution < -0.4 is 10.0 Å². The lowest BCUT2D eigenvalue weighted by molar-refractivity contribution is 0.0602. The minimum absolute atomic E-state index is 0.0206. The molecule has 0 saturated heterocycles. The molecule has 0 unspecified atom stereocenters. The highest BCUT2D eigenvalue weighted by Crippen LogP contribution is 2.22. The molecule has 1 heterocycles. The van der Waals surface area contributed by atoms with Gasteiger partial charge in [-0.05, 0) is 31.0 Å². The number of carbonyl (C=O) groups excluding carboxylic acids is 1. The Morgan fingerprint density at radius 3 is 2.79 bits per heavy atom. The van der Waals surface area contributed by atoms with E-state index >= 15 is 0 Å². The van der Waals surface area contributed by atoms with Crippen molar-refractivity contribution in [3.05, 3.63) is 16.3 Å². The van der Waals surface area contributed by atoms with Crippen molar-refractivity contribution in [2.24, 2.45) is 0 Å². The number of ether oxygens (including phenoxy) is 1. The number of sulfonamides is 1. The first kappa shape index (κ1) is 16.1. The Morgan fingerprint density at radius 1 is 1.42 bits per heavy atom. The largest absolute Gasteiger partial charge is 0.465 e. The van der Waals surface area contributed by atoms with Gasteiger partial charge in [0.25, 0.3) is 0 Å². The molecule has 8 heteroatoms. The standard InChI is InChI=1S/C11H18N2O4S2/c1-3-12-6-4-7-13-19(15,16)9-5-8-18-10(9)11(14)17-2/h5,8,12-13H,3-4,6-7H2,1-2H3. The average Bonchev–Trinajstić information content (AvgIpc) is 2.87. The van der Waals surface area contributed by atoms with Crippen LogP contribution in [-0.4, -0.2) is 41.1 Å². The summed E-state index contributed by atoms with van der Waals surface area (Å²) >= 11 is 1.05. The van der Waals surface area contributed by atoms with Crippen LogP contribution in [0.15, 0.2) is 16.3 Å². The van der Waals surface area contributed by atoms with Crippen molar-refractivity contribution in [3.63, 3.8) is 0 Å². The molecule has 108 valence electrons. The van der Waals surface area contributed by atoms with E-state index < -0.39 is 16.0 Å². The van der Waals surface area contributed by atoms with Crippen molar-refractivity contribution in [3.8, 4) is 0 Å². The number of rotatable bonds is 8. The van der Waals surface area contributed by atoms with E-state index in [1.54, 1.807) is 5.38 Å². The van der Waals surface area contributed by atoms with Crippen LogP contribution in [0.2, 0.25) is 0 Å². The van der Waals surface area contributed by atoms with E-state index in [9.17, 15) is 13.2 Å². The summed E-state index contributed by atoms with van der Waals surface area (Å²) in [5.74, 6) is -0.636. The lowest BCUT2D eigenvalue weighted by Gasteiger charge is -2.07. The molecule has 0 spiro atoms. The van der Waals surface area contributed by atoms with Crippen LogP contribution in [0.5, 0.6) is 0 Å². The smallest absolute Gasteiger partial charge is 0.349 e. The number of nitrogens with one attached hydrogen (secondary N) is 2. The molecule has 1 aromatic rings. The average molecular weight is 306 g/mol. The molecule has 0 saturated carbocycles. The molecule has 19 heavy (non-hydrogen) atoms. The topological polar surface area (TPSA) is 84.5 Å². The first-order chi connectivity index (χ1) is 9.03. The third-order valence-corrected chi connectivity index (χ3v) is 4.89. The number of carbonyl (C=O) groups is 1. The Labute approximate surface area is 117 Å². The molecule has 0 aromatic carbocycles. The van der Waals surface area contributed by atoms with Gasteiger partial charge < -0.3 is 10.1 Å². The minimum atomic E-state index is -3.66. The summed E-state index contributed by atoms with van der Waals surface area (Å²) in [4.78, 5) is 11.5. The maximum absolute atomic E-state index is 12.0. The van der Waals surface area contributed by atoms with Gasteiger partial charge in [0.1, 0.15) is 9.77 Å². The van der Waals surface area contributed by atoms with E-state index in [4.69, 9.17) is 0 Å². The zero-order valence-electron chi connectivity index (χ0n) is 10.9. The van der Waals surface area contributed by atoms with Crippen LogP contribution in [0.1, 0.15) is 23.0 Å². The predicted molar refractivity (Wildman–Crippen MR) is 74.0 cm³/mol. The molecular formula is C11H18N2O4S2. The summed E-state index contributed by atoms with van der Waals surface area (Å²) in [6.45, 7) is 3.90. The van der Waals surface area contributed by atoms with Gasteiger partial charge in [-0.15, -0.1) is 11.3 Å². The molecule has 0 amide bonds. The Hall–Kier alpha value is -0.960. The molecule has 2 N–H and O–H groups in total. The molecule has 0 atom stereocenters. The van der Waals surface area contributed by atoms with Crippen LogP contribution in [-0.2, 0) is 14.8 Å². The zero-order valence-corrected chi connectivity index (χ0v) is 12.6. The molecule has 0 radical (unpaired) electrons. The van der Waals surface area contributed by atoms with Gasteiger partial charge in [-0.2, -0.15) is 0 Å². The van der Waals surface area contributed by atoms with Gasteiger partial charge in [-0.3, -0.25) is 0 Å². The van der Waals surface area contributed by atoms with E-state index in [0.29, 0.717) is 13.0 Å². The second-order valence-electron chi connectivity index (χ2n) is 3.71. The lowest BCUT2D eigenvalue weighted by atomic mass is 10.4. The number of hydrogen-bond donors (Lipinski definition) is 2. The summed E-state index contributed by atoms with van der Waals surface area (Å²) in [5, 5.41) is 4.66. The van der Waals surface area contributed by atoms with E-state index in [1.807, 2.05) is 6.92 Å². The Kier molecular flexibility index (Phi) is 6.43. The molecule has 0 aliphatic heterocycles. The Balaban J connectivity index is 2.67. The Morgan fingerprint density at radius 2 is 2.16 bits per heavy atom. The quantitative estimate of drug-likeness (QED) is 0.548. The summed E-state index contributed by atoms with van der Waals surface area (Å²) in [7, 11) is -2.43. The summed E-state index contributed by atoms with van der Waals surface area (Å²) in [6, 6.07) is 1.41. The van der Waals surface area contributed by atoms with Crippen molar-refractivity contribution in [2.75, 3.05) is 26.7 Å². The van der Waals surface area contributed by atoms with Gasteiger partial charge in [0.05, 0.1) is 7.11 Å². The number of esters is 1. The fraction of sp³-hybridized carbons (Fsp3) is 0.545. The predicted octanol–water partition coefficient (Wildman–Crippen LogP) is 0.813. The monoisotopic (exact) mass is 306 g/mol. The molecule has 6 nitrogen and oxygen atoms in total. The first-order valence-electron chi connectivity index (χ1n) is 5.89. The first-order valence-corrected chi connectivity index (χ1v) is 8.25. The highest BCUT2D eigenvalue weighted by atomic mass is 32.2. The van der Waals surface area contributed by atoms with E-state index in [-0.39, 0.29) is 9.77 Å². The number of methoxy groups -OCH3 is 1. The van der Waals surface area contributed by atoms with Crippen molar-refractivity contribution in [1.82, 2.24) is 10.0 Å². The second-order valence-corrected chi connectivity index (χ2v) is 6.36. The zero-order chi connectivity index (χ0) is 14.3. The van der Waals surface area contributed by atoms with Gasteiger partial charge in [-0.1, -0.05) is 6.92 Å². The molecule has 0 bridgehead atoms. The van der Waals surface area contributed by atoms with Crippen LogP contribution in [0.3, 0.4) is 0 Å². The summed E-state index contributed by atoms with van der Waals surface area (Å²) in [5.41, 5.74) is 0. The maximum atomic E-state index is 12.0. The van der Waals surface area contributed by atoms with Gasteiger partial charge in [0, 0.05) is 6.54 Å². The Bertz CT molecular complexity index is 511. The molecule has 0 aliphatic rings. The van der Waals surface area contributed by atoms with Crippen LogP contribution >= 0.6 is 11.3 Å². The summed E-state index contributed by atoms with van der Waals surface area (Å²) in [6.07, 6.45) is 0.685. The van der Waals surface area contributed by atoms with Crippen molar-refractivity contribution in [1.29, 1.82) is 0 Å². The van der Waals surface area contributed by atoms with Gasteiger partial charge in [0.15, 0.2) is 0 Å². The minimum Gasteiger partial charge on any atom is -0.465 e. The fourth-order valence-corrected chi connectivity index (χ4v) is 3.83. The summed E-state index contributed by atoms with van der Waals surface area (Å²) < 4.78 is 31.1. The maximum Gasteiger partial charge on any atom is 0.349 e. The van der Waals surface area contributed by atoms with E-state index in [0.717, 1.165) is 24.4 Å². The van der Waals surface area contributed by atoms with Crippen molar-refractivity contribution < 1.29 is 17.9 Å². The number of hydrogen-bond acceptors (Lipinski definition) is 6. The van der Waals surface area contributed by atoms with Crippen molar-refractivity contribution >= 4 is 27.3 Å². The van der Waals surface area contributed by atoms with Crippen LogP contribution in [0, 0.1) is 0 Å². The van der Waals surface area contributed by atoms with Crippen LogP contribution in [0.25, 0.3) is 0 Å². The number of thiophene rings is 1. The molecule has 0 aliphatic carbocycles. The SMILES string of the molecule is CCNCCCNS(=O)(=O)c1ccsc1C(=O)OC.